The van der Waals surface area contributed by atoms with E-state index >= 15 is 0 Å². The van der Waals surface area contributed by atoms with Gasteiger partial charge in [-0.2, -0.15) is 0 Å². The monoisotopic (exact) mass is 206 g/mol. The maximum absolute atomic E-state index is 5.51. The number of rotatable bonds is 6. The Labute approximate surface area is 93.1 Å². The highest BCUT2D eigenvalue weighted by molar-refractivity contribution is 5.18. The van der Waals surface area contributed by atoms with Crippen LogP contribution < -0.4 is 5.73 Å². The van der Waals surface area contributed by atoms with Crippen molar-refractivity contribution >= 4 is 0 Å². The zero-order valence-electron chi connectivity index (χ0n) is 9.82. The van der Waals surface area contributed by atoms with Crippen molar-refractivity contribution in [3.05, 3.63) is 35.9 Å². The lowest BCUT2D eigenvalue weighted by Gasteiger charge is -2.18. The van der Waals surface area contributed by atoms with Crippen molar-refractivity contribution in [2.24, 2.45) is 5.73 Å². The first-order valence-electron chi connectivity index (χ1n) is 5.67. The van der Waals surface area contributed by atoms with Crippen molar-refractivity contribution in [1.29, 1.82) is 0 Å². The Balaban J connectivity index is 2.33. The standard InChI is InChI=1S/C13H22N2/c1-12(8-10-15(2)11-9-14)13-6-4-3-5-7-13/h3-7,12H,8-11,14H2,1-2H3. The van der Waals surface area contributed by atoms with E-state index in [0.29, 0.717) is 5.92 Å². The van der Waals surface area contributed by atoms with Gasteiger partial charge in [0.2, 0.25) is 0 Å². The molecular formula is C13H22N2. The first-order valence-corrected chi connectivity index (χ1v) is 5.67. The molecule has 1 aromatic rings. The maximum Gasteiger partial charge on any atom is 0.0102 e. The highest BCUT2D eigenvalue weighted by atomic mass is 15.1. The summed E-state index contributed by atoms with van der Waals surface area (Å²) in [5.41, 5.74) is 6.93. The summed E-state index contributed by atoms with van der Waals surface area (Å²) < 4.78 is 0. The molecule has 2 N–H and O–H groups in total. The summed E-state index contributed by atoms with van der Waals surface area (Å²) in [5.74, 6) is 0.631. The van der Waals surface area contributed by atoms with Crippen molar-refractivity contribution in [3.63, 3.8) is 0 Å². The molecule has 0 saturated carbocycles. The molecule has 0 spiro atoms. The molecule has 1 atom stereocenters. The molecule has 2 heteroatoms. The first kappa shape index (κ1) is 12.2. The van der Waals surface area contributed by atoms with Crippen molar-refractivity contribution in [3.8, 4) is 0 Å². The van der Waals surface area contributed by atoms with Crippen LogP contribution in [0.2, 0.25) is 0 Å². The molecule has 0 amide bonds. The minimum absolute atomic E-state index is 0.631. The molecule has 0 radical (unpaired) electrons. The van der Waals surface area contributed by atoms with E-state index in [2.05, 4.69) is 49.2 Å². The van der Waals surface area contributed by atoms with Gasteiger partial charge < -0.3 is 10.6 Å². The van der Waals surface area contributed by atoms with Gasteiger partial charge in [-0.05, 0) is 31.5 Å². The summed E-state index contributed by atoms with van der Waals surface area (Å²) >= 11 is 0. The Morgan fingerprint density at radius 2 is 1.87 bits per heavy atom. The number of likely N-dealkylation sites (N-methyl/N-ethyl adjacent to an activating group) is 1. The van der Waals surface area contributed by atoms with Gasteiger partial charge in [0.15, 0.2) is 0 Å². The van der Waals surface area contributed by atoms with Gasteiger partial charge in [0.1, 0.15) is 0 Å². The zero-order valence-corrected chi connectivity index (χ0v) is 9.82. The largest absolute Gasteiger partial charge is 0.329 e. The van der Waals surface area contributed by atoms with Crippen LogP contribution in [0.15, 0.2) is 30.3 Å². The highest BCUT2D eigenvalue weighted by Gasteiger charge is 2.05. The summed E-state index contributed by atoms with van der Waals surface area (Å²) in [6.45, 7) is 5.14. The average Bonchev–Trinajstić information content (AvgIpc) is 2.27. The van der Waals surface area contributed by atoms with Crippen molar-refractivity contribution in [2.75, 3.05) is 26.7 Å². The number of hydrogen-bond acceptors (Lipinski definition) is 2. The van der Waals surface area contributed by atoms with Gasteiger partial charge in [-0.3, -0.25) is 0 Å². The summed E-state index contributed by atoms with van der Waals surface area (Å²) in [6.07, 6.45) is 1.19. The molecule has 0 aliphatic rings. The van der Waals surface area contributed by atoms with Gasteiger partial charge in [-0.15, -0.1) is 0 Å². The Bertz CT molecular complexity index is 258. The Hall–Kier alpha value is -0.860. The zero-order chi connectivity index (χ0) is 11.1. The molecule has 0 saturated heterocycles. The Kier molecular flexibility index (Phi) is 5.37. The highest BCUT2D eigenvalue weighted by Crippen LogP contribution is 2.18. The van der Waals surface area contributed by atoms with E-state index in [0.717, 1.165) is 19.6 Å². The first-order chi connectivity index (χ1) is 7.24. The predicted molar refractivity (Wildman–Crippen MR) is 66.0 cm³/mol. The minimum Gasteiger partial charge on any atom is -0.329 e. The molecule has 0 heterocycles. The lowest BCUT2D eigenvalue weighted by Crippen LogP contribution is -2.27. The number of benzene rings is 1. The van der Waals surface area contributed by atoms with E-state index < -0.39 is 0 Å². The van der Waals surface area contributed by atoms with Crippen LogP contribution in [-0.2, 0) is 0 Å². The topological polar surface area (TPSA) is 29.3 Å². The smallest absolute Gasteiger partial charge is 0.0102 e. The molecule has 15 heavy (non-hydrogen) atoms. The molecule has 1 rings (SSSR count). The quantitative estimate of drug-likeness (QED) is 0.772. The Morgan fingerprint density at radius 1 is 1.20 bits per heavy atom. The van der Waals surface area contributed by atoms with E-state index in [9.17, 15) is 0 Å². The molecule has 1 unspecified atom stereocenters. The van der Waals surface area contributed by atoms with E-state index in [1.54, 1.807) is 0 Å². The van der Waals surface area contributed by atoms with Crippen LogP contribution in [0, 0.1) is 0 Å². The van der Waals surface area contributed by atoms with Crippen LogP contribution in [0.5, 0.6) is 0 Å². The fourth-order valence-corrected chi connectivity index (χ4v) is 1.69. The second-order valence-electron chi connectivity index (χ2n) is 4.19. The minimum atomic E-state index is 0.631. The fourth-order valence-electron chi connectivity index (χ4n) is 1.69. The molecule has 0 bridgehead atoms. The van der Waals surface area contributed by atoms with E-state index in [1.807, 2.05) is 0 Å². The maximum atomic E-state index is 5.51. The predicted octanol–water partition coefficient (Wildman–Crippen LogP) is 2.07. The summed E-state index contributed by atoms with van der Waals surface area (Å²) in [4.78, 5) is 2.29. The molecule has 84 valence electrons. The third-order valence-corrected chi connectivity index (χ3v) is 2.82. The lowest BCUT2D eigenvalue weighted by molar-refractivity contribution is 0.329. The molecule has 0 aliphatic carbocycles. The van der Waals surface area contributed by atoms with E-state index in [-0.39, 0.29) is 0 Å². The molecule has 0 aliphatic heterocycles. The third-order valence-electron chi connectivity index (χ3n) is 2.82. The normalized spacial score (nSPS) is 13.1. The number of nitrogens with two attached hydrogens (primary N) is 1. The number of hydrogen-bond donors (Lipinski definition) is 1. The van der Waals surface area contributed by atoms with Gasteiger partial charge in [0, 0.05) is 13.1 Å². The molecular weight excluding hydrogens is 184 g/mol. The van der Waals surface area contributed by atoms with Crippen LogP contribution in [0.3, 0.4) is 0 Å². The van der Waals surface area contributed by atoms with Gasteiger partial charge in [0.25, 0.3) is 0 Å². The fraction of sp³-hybridized carbons (Fsp3) is 0.538. The average molecular weight is 206 g/mol. The Morgan fingerprint density at radius 3 is 2.47 bits per heavy atom. The summed E-state index contributed by atoms with van der Waals surface area (Å²) in [6, 6.07) is 10.7. The van der Waals surface area contributed by atoms with Crippen LogP contribution >= 0.6 is 0 Å². The third kappa shape index (κ3) is 4.45. The second kappa shape index (κ2) is 6.59. The summed E-state index contributed by atoms with van der Waals surface area (Å²) in [5, 5.41) is 0. The van der Waals surface area contributed by atoms with Crippen molar-refractivity contribution in [2.45, 2.75) is 19.3 Å². The van der Waals surface area contributed by atoms with Crippen LogP contribution in [0.25, 0.3) is 0 Å². The van der Waals surface area contributed by atoms with Gasteiger partial charge >= 0.3 is 0 Å². The molecule has 2 nitrogen and oxygen atoms in total. The van der Waals surface area contributed by atoms with E-state index in [4.69, 9.17) is 5.73 Å². The van der Waals surface area contributed by atoms with Crippen LogP contribution in [0.4, 0.5) is 0 Å². The van der Waals surface area contributed by atoms with Crippen LogP contribution in [0.1, 0.15) is 24.8 Å². The molecule has 1 aromatic carbocycles. The van der Waals surface area contributed by atoms with Gasteiger partial charge in [0.05, 0.1) is 0 Å². The number of nitrogens with zero attached hydrogens (tertiary/aromatic N) is 1. The molecule has 0 aromatic heterocycles. The summed E-state index contributed by atoms with van der Waals surface area (Å²) in [7, 11) is 2.13. The van der Waals surface area contributed by atoms with Gasteiger partial charge in [-0.1, -0.05) is 37.3 Å². The van der Waals surface area contributed by atoms with Crippen molar-refractivity contribution in [1.82, 2.24) is 4.90 Å². The van der Waals surface area contributed by atoms with E-state index in [1.165, 1.54) is 12.0 Å². The van der Waals surface area contributed by atoms with Crippen LogP contribution in [-0.4, -0.2) is 31.6 Å². The van der Waals surface area contributed by atoms with Crippen molar-refractivity contribution < 1.29 is 0 Å². The SMILES string of the molecule is CC(CCN(C)CCN)c1ccccc1. The second-order valence-corrected chi connectivity index (χ2v) is 4.19. The lowest BCUT2D eigenvalue weighted by atomic mass is 9.98. The molecule has 0 fully saturated rings. The van der Waals surface area contributed by atoms with Gasteiger partial charge in [-0.25, -0.2) is 0 Å².